The fraction of sp³-hybridized carbons (Fsp3) is 0.217. The summed E-state index contributed by atoms with van der Waals surface area (Å²) >= 11 is 0. The van der Waals surface area contributed by atoms with E-state index >= 15 is 0 Å². The van der Waals surface area contributed by atoms with Crippen molar-refractivity contribution in [1.29, 1.82) is 0 Å². The molecule has 2 N–H and O–H groups in total. The number of aromatic nitrogens is 2. The van der Waals surface area contributed by atoms with Crippen LogP contribution in [0.25, 0.3) is 21.9 Å². The number of benzene rings is 2. The standard InChI is InChI=1S/C23H23N3O3/c1-4-22-24-12-19(23(28)26(22)13-14(2)27)25-15(3)16-9-10-21-18(11-16)17-7-5-6-8-20(17)29-21/h5-12,15,25,27H,2,4,13H2,1,3H3. The van der Waals surface area contributed by atoms with Gasteiger partial charge in [-0.3, -0.25) is 9.36 Å². The molecule has 0 fully saturated rings. The number of nitrogens with one attached hydrogen (secondary N) is 1. The van der Waals surface area contributed by atoms with Crippen molar-refractivity contribution in [2.75, 3.05) is 5.32 Å². The minimum atomic E-state index is -0.228. The summed E-state index contributed by atoms with van der Waals surface area (Å²) in [5.74, 6) is 0.528. The molecule has 2 heterocycles. The molecule has 0 aliphatic heterocycles. The van der Waals surface area contributed by atoms with Crippen LogP contribution in [0.2, 0.25) is 0 Å². The molecule has 0 aliphatic carbocycles. The summed E-state index contributed by atoms with van der Waals surface area (Å²) in [6, 6.07) is 13.8. The zero-order chi connectivity index (χ0) is 20.5. The quantitative estimate of drug-likeness (QED) is 0.456. The molecule has 4 rings (SSSR count). The van der Waals surface area contributed by atoms with Crippen LogP contribution < -0.4 is 10.9 Å². The van der Waals surface area contributed by atoms with E-state index in [1.165, 1.54) is 4.57 Å². The van der Waals surface area contributed by atoms with Crippen LogP contribution in [0.15, 0.2) is 70.2 Å². The van der Waals surface area contributed by atoms with Gasteiger partial charge in [-0.05, 0) is 30.7 Å². The summed E-state index contributed by atoms with van der Waals surface area (Å²) in [6.07, 6.45) is 2.14. The lowest BCUT2D eigenvalue weighted by atomic mass is 10.0. The van der Waals surface area contributed by atoms with Gasteiger partial charge >= 0.3 is 0 Å². The summed E-state index contributed by atoms with van der Waals surface area (Å²) in [6.45, 7) is 7.43. The Morgan fingerprint density at radius 1 is 1.24 bits per heavy atom. The smallest absolute Gasteiger partial charge is 0.277 e. The van der Waals surface area contributed by atoms with Gasteiger partial charge in [0.2, 0.25) is 0 Å². The topological polar surface area (TPSA) is 80.3 Å². The minimum absolute atomic E-state index is 0.0336. The molecule has 0 saturated carbocycles. The summed E-state index contributed by atoms with van der Waals surface area (Å²) in [5.41, 5.74) is 2.87. The molecule has 4 aromatic rings. The van der Waals surface area contributed by atoms with E-state index in [1.807, 2.05) is 50.2 Å². The number of para-hydroxylation sites is 1. The number of fused-ring (bicyclic) bond motifs is 3. The third-order valence-electron chi connectivity index (χ3n) is 5.06. The van der Waals surface area contributed by atoms with Gasteiger partial charge in [-0.15, -0.1) is 0 Å². The fourth-order valence-corrected chi connectivity index (χ4v) is 3.58. The second kappa shape index (κ2) is 7.47. The van der Waals surface area contributed by atoms with E-state index in [2.05, 4.69) is 22.9 Å². The molecule has 6 heteroatoms. The fourth-order valence-electron chi connectivity index (χ4n) is 3.58. The number of hydrogen-bond acceptors (Lipinski definition) is 5. The van der Waals surface area contributed by atoms with E-state index in [4.69, 9.17) is 4.42 Å². The first-order chi connectivity index (χ1) is 14.0. The Hall–Kier alpha value is -3.54. The molecule has 148 valence electrons. The van der Waals surface area contributed by atoms with E-state index in [0.29, 0.717) is 17.9 Å². The number of nitrogens with zero attached hydrogens (tertiary/aromatic N) is 2. The number of furan rings is 1. The van der Waals surface area contributed by atoms with Crippen molar-refractivity contribution in [3.63, 3.8) is 0 Å². The Balaban J connectivity index is 1.69. The summed E-state index contributed by atoms with van der Waals surface area (Å²) < 4.78 is 7.34. The van der Waals surface area contributed by atoms with Crippen LogP contribution in [-0.4, -0.2) is 14.7 Å². The van der Waals surface area contributed by atoms with Crippen LogP contribution in [0.3, 0.4) is 0 Å². The molecule has 0 bridgehead atoms. The number of aryl methyl sites for hydroxylation is 1. The van der Waals surface area contributed by atoms with Crippen molar-refractivity contribution < 1.29 is 9.52 Å². The number of anilines is 1. The zero-order valence-corrected chi connectivity index (χ0v) is 16.5. The highest BCUT2D eigenvalue weighted by molar-refractivity contribution is 6.05. The van der Waals surface area contributed by atoms with Gasteiger partial charge in [0.25, 0.3) is 5.56 Å². The van der Waals surface area contributed by atoms with E-state index < -0.39 is 0 Å². The van der Waals surface area contributed by atoms with Crippen molar-refractivity contribution in [2.24, 2.45) is 0 Å². The third-order valence-corrected chi connectivity index (χ3v) is 5.06. The van der Waals surface area contributed by atoms with Crippen molar-refractivity contribution in [1.82, 2.24) is 9.55 Å². The van der Waals surface area contributed by atoms with Crippen LogP contribution in [0.5, 0.6) is 0 Å². The molecule has 0 radical (unpaired) electrons. The first-order valence-electron chi connectivity index (χ1n) is 9.61. The zero-order valence-electron chi connectivity index (χ0n) is 16.5. The molecular weight excluding hydrogens is 366 g/mol. The molecule has 29 heavy (non-hydrogen) atoms. The molecule has 0 amide bonds. The molecule has 0 aliphatic rings. The second-order valence-corrected chi connectivity index (χ2v) is 7.12. The van der Waals surface area contributed by atoms with Gasteiger partial charge in [0.15, 0.2) is 0 Å². The van der Waals surface area contributed by atoms with Crippen LogP contribution in [-0.2, 0) is 13.0 Å². The van der Waals surface area contributed by atoms with Gasteiger partial charge in [-0.1, -0.05) is 37.8 Å². The van der Waals surface area contributed by atoms with E-state index in [9.17, 15) is 9.90 Å². The first kappa shape index (κ1) is 18.8. The van der Waals surface area contributed by atoms with Gasteiger partial charge in [0.05, 0.1) is 12.7 Å². The Morgan fingerprint density at radius 3 is 2.76 bits per heavy atom. The average molecular weight is 389 g/mol. The predicted molar refractivity (Wildman–Crippen MR) is 115 cm³/mol. The number of aliphatic hydroxyl groups excluding tert-OH is 1. The lowest BCUT2D eigenvalue weighted by Gasteiger charge is -2.17. The van der Waals surface area contributed by atoms with Gasteiger partial charge in [-0.25, -0.2) is 4.98 Å². The van der Waals surface area contributed by atoms with Crippen LogP contribution in [0.4, 0.5) is 5.69 Å². The lowest BCUT2D eigenvalue weighted by Crippen LogP contribution is -2.28. The second-order valence-electron chi connectivity index (χ2n) is 7.12. The minimum Gasteiger partial charge on any atom is -0.511 e. The largest absolute Gasteiger partial charge is 0.511 e. The molecule has 0 saturated heterocycles. The highest BCUT2D eigenvalue weighted by atomic mass is 16.3. The highest BCUT2D eigenvalue weighted by Gasteiger charge is 2.15. The Bertz CT molecular complexity index is 1270. The summed E-state index contributed by atoms with van der Waals surface area (Å²) in [7, 11) is 0. The number of allylic oxidation sites excluding steroid dienone is 1. The average Bonchev–Trinajstić information content (AvgIpc) is 3.08. The number of hydrogen-bond donors (Lipinski definition) is 2. The molecule has 2 aromatic carbocycles. The summed E-state index contributed by atoms with van der Waals surface area (Å²) in [4.78, 5) is 17.3. The molecule has 1 unspecified atom stereocenters. The van der Waals surface area contributed by atoms with E-state index in [0.717, 1.165) is 27.5 Å². The third kappa shape index (κ3) is 3.49. The number of aliphatic hydroxyl groups is 1. The maximum Gasteiger partial charge on any atom is 0.277 e. The van der Waals surface area contributed by atoms with Crippen molar-refractivity contribution >= 4 is 27.6 Å². The van der Waals surface area contributed by atoms with Crippen LogP contribution >= 0.6 is 0 Å². The number of rotatable bonds is 6. The Kier molecular flexibility index (Phi) is 4.84. The van der Waals surface area contributed by atoms with E-state index in [-0.39, 0.29) is 23.9 Å². The first-order valence-corrected chi connectivity index (χ1v) is 9.61. The maximum absolute atomic E-state index is 12.9. The highest BCUT2D eigenvalue weighted by Crippen LogP contribution is 2.31. The predicted octanol–water partition coefficient (Wildman–Crippen LogP) is 4.95. The Morgan fingerprint density at radius 2 is 2.00 bits per heavy atom. The SMILES string of the molecule is C=C(O)Cn1c(CC)ncc(NC(C)c2ccc3oc4ccccc4c3c2)c1=O. The van der Waals surface area contributed by atoms with Crippen LogP contribution in [0, 0.1) is 0 Å². The Labute approximate surface area is 168 Å². The van der Waals surface area contributed by atoms with Crippen LogP contribution in [0.1, 0.15) is 31.3 Å². The van der Waals surface area contributed by atoms with Gasteiger partial charge in [-0.2, -0.15) is 0 Å². The summed E-state index contributed by atoms with van der Waals surface area (Å²) in [5, 5.41) is 14.9. The van der Waals surface area contributed by atoms with E-state index in [1.54, 1.807) is 6.20 Å². The van der Waals surface area contributed by atoms with Gasteiger partial charge < -0.3 is 14.8 Å². The van der Waals surface area contributed by atoms with Gasteiger partial charge in [0, 0.05) is 23.2 Å². The molecule has 6 nitrogen and oxygen atoms in total. The monoisotopic (exact) mass is 389 g/mol. The van der Waals surface area contributed by atoms with Gasteiger partial charge in [0.1, 0.15) is 28.4 Å². The molecular formula is C23H23N3O3. The molecule has 2 aromatic heterocycles. The normalized spacial score (nSPS) is 12.3. The van der Waals surface area contributed by atoms with Crippen molar-refractivity contribution in [2.45, 2.75) is 32.9 Å². The lowest BCUT2D eigenvalue weighted by molar-refractivity contribution is 0.372. The molecule has 0 spiro atoms. The maximum atomic E-state index is 12.9. The van der Waals surface area contributed by atoms with Crippen molar-refractivity contribution in [3.05, 3.63) is 82.7 Å². The van der Waals surface area contributed by atoms with Crippen molar-refractivity contribution in [3.8, 4) is 0 Å². The molecule has 1 atom stereocenters.